The molecular formula is C22H39IN6O2. The van der Waals surface area contributed by atoms with E-state index >= 15 is 0 Å². The quantitative estimate of drug-likeness (QED) is 0.201. The fourth-order valence-electron chi connectivity index (χ4n) is 3.59. The lowest BCUT2D eigenvalue weighted by molar-refractivity contribution is 0.0888. The number of nitrogens with zero attached hydrogens (tertiary/aromatic N) is 4. The molecule has 2 aliphatic heterocycles. The number of rotatable bonds is 10. The fourth-order valence-corrected chi connectivity index (χ4v) is 3.59. The predicted octanol–water partition coefficient (Wildman–Crippen LogP) is 1.95. The molecule has 1 unspecified atom stereocenters. The van der Waals surface area contributed by atoms with Gasteiger partial charge in [-0.25, -0.2) is 9.98 Å². The molecule has 31 heavy (non-hydrogen) atoms. The highest BCUT2D eigenvalue weighted by molar-refractivity contribution is 14.0. The smallest absolute Gasteiger partial charge is 0.191 e. The summed E-state index contributed by atoms with van der Waals surface area (Å²) >= 11 is 0. The Morgan fingerprint density at radius 1 is 1.26 bits per heavy atom. The van der Waals surface area contributed by atoms with Crippen LogP contribution in [-0.2, 0) is 16.0 Å². The molecule has 0 saturated carbocycles. The number of guanidine groups is 1. The third kappa shape index (κ3) is 9.46. The van der Waals surface area contributed by atoms with Gasteiger partial charge in [-0.3, -0.25) is 0 Å². The van der Waals surface area contributed by atoms with Crippen LogP contribution in [0.15, 0.2) is 23.3 Å². The van der Waals surface area contributed by atoms with E-state index in [0.717, 1.165) is 95.9 Å². The monoisotopic (exact) mass is 546 g/mol. The van der Waals surface area contributed by atoms with Gasteiger partial charge in [-0.2, -0.15) is 0 Å². The molecule has 0 radical (unpaired) electrons. The van der Waals surface area contributed by atoms with Crippen LogP contribution in [0, 0.1) is 5.92 Å². The number of hydrogen-bond acceptors (Lipinski definition) is 6. The van der Waals surface area contributed by atoms with Crippen molar-refractivity contribution >= 4 is 35.8 Å². The SMILES string of the molecule is CCNC(=NCc1ccc(N2CCN(C)CC2)nc1)NCCCOCC1CCOC1.I. The molecule has 2 aliphatic rings. The predicted molar refractivity (Wildman–Crippen MR) is 137 cm³/mol. The van der Waals surface area contributed by atoms with Crippen LogP contribution in [0.1, 0.15) is 25.3 Å². The number of ether oxygens (including phenoxy) is 2. The first kappa shape index (κ1) is 26.1. The number of aliphatic imine (C=N–C) groups is 1. The maximum atomic E-state index is 5.76. The van der Waals surface area contributed by atoms with Crippen molar-refractivity contribution in [2.24, 2.45) is 10.9 Å². The van der Waals surface area contributed by atoms with Crippen molar-refractivity contribution in [1.29, 1.82) is 0 Å². The van der Waals surface area contributed by atoms with Crippen LogP contribution in [0.25, 0.3) is 0 Å². The second-order valence-electron chi connectivity index (χ2n) is 8.09. The Balaban J connectivity index is 0.00000341. The third-order valence-corrected chi connectivity index (χ3v) is 5.54. The number of likely N-dealkylation sites (N-methyl/N-ethyl adjacent to an activating group) is 1. The number of hydrogen-bond donors (Lipinski definition) is 2. The number of piperazine rings is 1. The Kier molecular flexibility index (Phi) is 12.5. The van der Waals surface area contributed by atoms with Crippen molar-refractivity contribution in [2.75, 3.05) is 77.6 Å². The Morgan fingerprint density at radius 2 is 2.10 bits per heavy atom. The fraction of sp³-hybridized carbons (Fsp3) is 0.727. The Bertz CT molecular complexity index is 631. The van der Waals surface area contributed by atoms with Gasteiger partial charge in [0.2, 0.25) is 0 Å². The van der Waals surface area contributed by atoms with Crippen LogP contribution in [0.4, 0.5) is 5.82 Å². The molecular weight excluding hydrogens is 507 g/mol. The molecule has 0 spiro atoms. The van der Waals surface area contributed by atoms with Crippen molar-refractivity contribution in [3.05, 3.63) is 23.9 Å². The summed E-state index contributed by atoms with van der Waals surface area (Å²) in [7, 11) is 2.17. The van der Waals surface area contributed by atoms with Gasteiger partial charge in [0, 0.05) is 64.6 Å². The van der Waals surface area contributed by atoms with Gasteiger partial charge in [0.25, 0.3) is 0 Å². The van der Waals surface area contributed by atoms with Crippen molar-refractivity contribution in [3.63, 3.8) is 0 Å². The van der Waals surface area contributed by atoms with E-state index in [0.29, 0.717) is 12.5 Å². The molecule has 1 aromatic heterocycles. The van der Waals surface area contributed by atoms with E-state index in [2.05, 4.69) is 51.5 Å². The summed E-state index contributed by atoms with van der Waals surface area (Å²) in [6.45, 7) is 11.9. The van der Waals surface area contributed by atoms with E-state index in [9.17, 15) is 0 Å². The van der Waals surface area contributed by atoms with Gasteiger partial charge in [-0.1, -0.05) is 6.07 Å². The molecule has 176 valence electrons. The normalized spacial score (nSPS) is 19.9. The van der Waals surface area contributed by atoms with Crippen LogP contribution < -0.4 is 15.5 Å². The highest BCUT2D eigenvalue weighted by Crippen LogP contribution is 2.14. The van der Waals surface area contributed by atoms with Crippen LogP contribution >= 0.6 is 24.0 Å². The zero-order valence-electron chi connectivity index (χ0n) is 19.0. The molecule has 2 fully saturated rings. The second kappa shape index (κ2) is 14.8. The van der Waals surface area contributed by atoms with E-state index in [-0.39, 0.29) is 24.0 Å². The van der Waals surface area contributed by atoms with E-state index in [1.807, 2.05) is 6.20 Å². The first-order valence-electron chi connectivity index (χ1n) is 11.3. The second-order valence-corrected chi connectivity index (χ2v) is 8.09. The Morgan fingerprint density at radius 3 is 2.77 bits per heavy atom. The number of aromatic nitrogens is 1. The average Bonchev–Trinajstić information content (AvgIpc) is 3.29. The van der Waals surface area contributed by atoms with Crippen LogP contribution in [0.2, 0.25) is 0 Å². The molecule has 2 saturated heterocycles. The lowest BCUT2D eigenvalue weighted by Gasteiger charge is -2.33. The average molecular weight is 546 g/mol. The van der Waals surface area contributed by atoms with E-state index in [1.165, 1.54) is 0 Å². The van der Waals surface area contributed by atoms with Gasteiger partial charge in [0.05, 0.1) is 19.8 Å². The highest BCUT2D eigenvalue weighted by atomic mass is 127. The zero-order valence-corrected chi connectivity index (χ0v) is 21.3. The van der Waals surface area contributed by atoms with Crippen molar-refractivity contribution in [3.8, 4) is 0 Å². The number of halogens is 1. The van der Waals surface area contributed by atoms with Crippen molar-refractivity contribution < 1.29 is 9.47 Å². The van der Waals surface area contributed by atoms with Gasteiger partial charge >= 0.3 is 0 Å². The highest BCUT2D eigenvalue weighted by Gasteiger charge is 2.16. The largest absolute Gasteiger partial charge is 0.381 e. The lowest BCUT2D eigenvalue weighted by atomic mass is 10.1. The van der Waals surface area contributed by atoms with Gasteiger partial charge in [0.15, 0.2) is 5.96 Å². The first-order valence-corrected chi connectivity index (χ1v) is 11.3. The van der Waals surface area contributed by atoms with Crippen LogP contribution in [0.5, 0.6) is 0 Å². The van der Waals surface area contributed by atoms with Gasteiger partial charge < -0.3 is 29.9 Å². The molecule has 3 rings (SSSR count). The molecule has 8 nitrogen and oxygen atoms in total. The summed E-state index contributed by atoms with van der Waals surface area (Å²) in [5, 5.41) is 6.69. The Labute approximate surface area is 204 Å². The number of pyridine rings is 1. The van der Waals surface area contributed by atoms with Crippen molar-refractivity contribution in [1.82, 2.24) is 20.5 Å². The summed E-state index contributed by atoms with van der Waals surface area (Å²) in [5.41, 5.74) is 1.12. The molecule has 0 aromatic carbocycles. The van der Waals surface area contributed by atoms with Crippen LogP contribution in [0.3, 0.4) is 0 Å². The Hall–Kier alpha value is -1.17. The van der Waals surface area contributed by atoms with Crippen LogP contribution in [-0.4, -0.2) is 88.6 Å². The first-order chi connectivity index (χ1) is 14.7. The zero-order chi connectivity index (χ0) is 21.0. The minimum absolute atomic E-state index is 0. The van der Waals surface area contributed by atoms with Gasteiger partial charge in [-0.05, 0) is 38.4 Å². The standard InChI is InChI=1S/C22H38N6O2.HI/c1-3-23-22(24-8-4-13-29-17-20-7-14-30-18-20)26-16-19-5-6-21(25-15-19)28-11-9-27(2)10-12-28;/h5-6,15,20H,3-4,7-14,16-18H2,1-2H3,(H2,23,24,26);1H. The van der Waals surface area contributed by atoms with Gasteiger partial charge in [-0.15, -0.1) is 24.0 Å². The summed E-state index contributed by atoms with van der Waals surface area (Å²) in [6, 6.07) is 4.25. The lowest BCUT2D eigenvalue weighted by Crippen LogP contribution is -2.44. The summed E-state index contributed by atoms with van der Waals surface area (Å²) in [5.74, 6) is 2.47. The third-order valence-electron chi connectivity index (χ3n) is 5.54. The molecule has 0 amide bonds. The minimum Gasteiger partial charge on any atom is -0.381 e. The molecule has 1 aromatic rings. The number of nitrogens with one attached hydrogen (secondary N) is 2. The van der Waals surface area contributed by atoms with Gasteiger partial charge in [0.1, 0.15) is 5.82 Å². The number of anilines is 1. The summed E-state index contributed by atoms with van der Waals surface area (Å²) in [6.07, 6.45) is 4.03. The van der Waals surface area contributed by atoms with E-state index in [4.69, 9.17) is 14.5 Å². The van der Waals surface area contributed by atoms with E-state index in [1.54, 1.807) is 0 Å². The molecule has 0 bridgehead atoms. The molecule has 3 heterocycles. The molecule has 0 aliphatic carbocycles. The maximum Gasteiger partial charge on any atom is 0.191 e. The molecule has 9 heteroatoms. The topological polar surface area (TPSA) is 74.3 Å². The maximum absolute atomic E-state index is 5.76. The van der Waals surface area contributed by atoms with Crippen molar-refractivity contribution in [2.45, 2.75) is 26.3 Å². The molecule has 2 N–H and O–H groups in total. The minimum atomic E-state index is 0. The molecule has 1 atom stereocenters. The van der Waals surface area contributed by atoms with E-state index < -0.39 is 0 Å². The summed E-state index contributed by atoms with van der Waals surface area (Å²) < 4.78 is 11.1. The summed E-state index contributed by atoms with van der Waals surface area (Å²) in [4.78, 5) is 14.0.